The second-order valence-electron chi connectivity index (χ2n) is 6.19. The summed E-state index contributed by atoms with van der Waals surface area (Å²) in [4.78, 5) is 16.4. The minimum atomic E-state index is -0.205. The second-order valence-corrected chi connectivity index (χ2v) is 6.19. The SMILES string of the molecule is O=C(NCCc1ccccc1)c1cc(NCCc2ccccc2F)ccn1. The average molecular weight is 363 g/mol. The van der Waals surface area contributed by atoms with Gasteiger partial charge in [-0.15, -0.1) is 0 Å². The molecule has 0 aliphatic carbocycles. The van der Waals surface area contributed by atoms with Crippen molar-refractivity contribution in [2.45, 2.75) is 12.8 Å². The molecule has 0 radical (unpaired) electrons. The van der Waals surface area contributed by atoms with Crippen molar-refractivity contribution in [3.8, 4) is 0 Å². The van der Waals surface area contributed by atoms with E-state index in [-0.39, 0.29) is 11.7 Å². The monoisotopic (exact) mass is 363 g/mol. The summed E-state index contributed by atoms with van der Waals surface area (Å²) >= 11 is 0. The van der Waals surface area contributed by atoms with Crippen LogP contribution in [0.4, 0.5) is 10.1 Å². The third kappa shape index (κ3) is 5.64. The van der Waals surface area contributed by atoms with Crippen LogP contribution in [0.3, 0.4) is 0 Å². The van der Waals surface area contributed by atoms with E-state index < -0.39 is 0 Å². The van der Waals surface area contributed by atoms with Crippen LogP contribution in [0, 0.1) is 5.82 Å². The molecule has 0 unspecified atom stereocenters. The first-order valence-corrected chi connectivity index (χ1v) is 8.98. The molecule has 2 aromatic carbocycles. The Bertz CT molecular complexity index is 883. The van der Waals surface area contributed by atoms with Crippen molar-refractivity contribution in [3.05, 3.63) is 95.6 Å². The van der Waals surface area contributed by atoms with Crippen LogP contribution in [0.25, 0.3) is 0 Å². The molecule has 138 valence electrons. The minimum absolute atomic E-state index is 0.201. The van der Waals surface area contributed by atoms with Crippen molar-refractivity contribution < 1.29 is 9.18 Å². The van der Waals surface area contributed by atoms with Gasteiger partial charge >= 0.3 is 0 Å². The number of anilines is 1. The van der Waals surface area contributed by atoms with E-state index in [0.29, 0.717) is 30.8 Å². The Labute approximate surface area is 158 Å². The number of carbonyl (C=O) groups is 1. The van der Waals surface area contributed by atoms with Crippen molar-refractivity contribution in [1.82, 2.24) is 10.3 Å². The van der Waals surface area contributed by atoms with Crippen molar-refractivity contribution in [2.75, 3.05) is 18.4 Å². The van der Waals surface area contributed by atoms with Crippen molar-refractivity contribution in [2.24, 2.45) is 0 Å². The Kier molecular flexibility index (Phi) is 6.52. The summed E-state index contributed by atoms with van der Waals surface area (Å²) in [6.07, 6.45) is 2.93. The smallest absolute Gasteiger partial charge is 0.269 e. The lowest BCUT2D eigenvalue weighted by Gasteiger charge is -2.09. The van der Waals surface area contributed by atoms with Gasteiger partial charge in [-0.3, -0.25) is 9.78 Å². The number of benzene rings is 2. The average Bonchev–Trinajstić information content (AvgIpc) is 2.70. The number of nitrogens with zero attached hydrogens (tertiary/aromatic N) is 1. The zero-order chi connectivity index (χ0) is 18.9. The van der Waals surface area contributed by atoms with E-state index in [4.69, 9.17) is 0 Å². The maximum absolute atomic E-state index is 13.6. The summed E-state index contributed by atoms with van der Waals surface area (Å²) in [7, 11) is 0. The number of rotatable bonds is 8. The van der Waals surface area contributed by atoms with Crippen molar-refractivity contribution in [3.63, 3.8) is 0 Å². The van der Waals surface area contributed by atoms with E-state index >= 15 is 0 Å². The quantitative estimate of drug-likeness (QED) is 0.639. The maximum atomic E-state index is 13.6. The molecule has 0 spiro atoms. The molecular weight excluding hydrogens is 341 g/mol. The Balaban J connectivity index is 1.49. The highest BCUT2D eigenvalue weighted by Gasteiger charge is 2.08. The van der Waals surface area contributed by atoms with Gasteiger partial charge in [0.1, 0.15) is 11.5 Å². The molecule has 3 aromatic rings. The van der Waals surface area contributed by atoms with Gasteiger partial charge in [-0.05, 0) is 42.2 Å². The molecule has 0 aliphatic rings. The lowest BCUT2D eigenvalue weighted by molar-refractivity contribution is 0.0949. The molecule has 1 aromatic heterocycles. The number of amides is 1. The van der Waals surface area contributed by atoms with Gasteiger partial charge < -0.3 is 10.6 Å². The van der Waals surface area contributed by atoms with Crippen LogP contribution in [0.2, 0.25) is 0 Å². The molecule has 0 aliphatic heterocycles. The minimum Gasteiger partial charge on any atom is -0.385 e. The summed E-state index contributed by atoms with van der Waals surface area (Å²) in [5, 5.41) is 6.10. The zero-order valence-electron chi connectivity index (χ0n) is 15.0. The molecule has 3 rings (SSSR count). The number of hydrogen-bond donors (Lipinski definition) is 2. The Morgan fingerprint density at radius 2 is 1.70 bits per heavy atom. The summed E-state index contributed by atoms with van der Waals surface area (Å²) in [5.41, 5.74) is 2.99. The van der Waals surface area contributed by atoms with Gasteiger partial charge in [0.05, 0.1) is 0 Å². The van der Waals surface area contributed by atoms with Gasteiger partial charge in [-0.25, -0.2) is 4.39 Å². The fourth-order valence-corrected chi connectivity index (χ4v) is 2.76. The van der Waals surface area contributed by atoms with Crippen LogP contribution >= 0.6 is 0 Å². The molecule has 0 fully saturated rings. The van der Waals surface area contributed by atoms with Gasteiger partial charge in [-0.2, -0.15) is 0 Å². The number of hydrogen-bond acceptors (Lipinski definition) is 3. The summed E-state index contributed by atoms with van der Waals surface area (Å²) in [5.74, 6) is -0.406. The van der Waals surface area contributed by atoms with Crippen LogP contribution in [0.15, 0.2) is 72.9 Å². The van der Waals surface area contributed by atoms with Crippen LogP contribution in [-0.2, 0) is 12.8 Å². The van der Waals surface area contributed by atoms with Crippen LogP contribution < -0.4 is 10.6 Å². The van der Waals surface area contributed by atoms with E-state index in [1.165, 1.54) is 11.6 Å². The molecule has 0 saturated carbocycles. The van der Waals surface area contributed by atoms with Crippen molar-refractivity contribution in [1.29, 1.82) is 0 Å². The highest BCUT2D eigenvalue weighted by atomic mass is 19.1. The maximum Gasteiger partial charge on any atom is 0.269 e. The first kappa shape index (κ1) is 18.6. The van der Waals surface area contributed by atoms with Crippen molar-refractivity contribution >= 4 is 11.6 Å². The largest absolute Gasteiger partial charge is 0.385 e. The predicted molar refractivity (Wildman–Crippen MR) is 105 cm³/mol. The fourth-order valence-electron chi connectivity index (χ4n) is 2.76. The molecule has 4 nitrogen and oxygen atoms in total. The number of aromatic nitrogens is 1. The van der Waals surface area contributed by atoms with Crippen LogP contribution in [0.1, 0.15) is 21.6 Å². The molecule has 5 heteroatoms. The Morgan fingerprint density at radius 1 is 0.926 bits per heavy atom. The van der Waals surface area contributed by atoms with Gasteiger partial charge in [-0.1, -0.05) is 48.5 Å². The Morgan fingerprint density at radius 3 is 2.52 bits per heavy atom. The topological polar surface area (TPSA) is 54.0 Å². The van der Waals surface area contributed by atoms with E-state index in [1.807, 2.05) is 36.4 Å². The Hall–Kier alpha value is -3.21. The van der Waals surface area contributed by atoms with Gasteiger partial charge in [0.15, 0.2) is 0 Å². The van der Waals surface area contributed by atoms with E-state index in [9.17, 15) is 9.18 Å². The standard InChI is InChI=1S/C22H22FN3O/c23-20-9-5-4-8-18(20)11-14-24-19-12-15-25-21(16-19)22(27)26-13-10-17-6-2-1-3-7-17/h1-9,12,15-16H,10-11,13-14H2,(H,24,25)(H,26,27). The zero-order valence-corrected chi connectivity index (χ0v) is 15.0. The summed E-state index contributed by atoms with van der Waals surface area (Å²) in [6.45, 7) is 1.12. The predicted octanol–water partition coefficient (Wildman–Crippen LogP) is 3.85. The number of nitrogens with one attached hydrogen (secondary N) is 2. The third-order valence-electron chi connectivity index (χ3n) is 4.22. The molecule has 0 atom stereocenters. The molecular formula is C22H22FN3O. The van der Waals surface area contributed by atoms with Crippen LogP contribution in [-0.4, -0.2) is 24.0 Å². The highest BCUT2D eigenvalue weighted by Crippen LogP contribution is 2.10. The lowest BCUT2D eigenvalue weighted by atomic mass is 10.1. The van der Waals surface area contributed by atoms with E-state index in [2.05, 4.69) is 15.6 Å². The third-order valence-corrected chi connectivity index (χ3v) is 4.22. The van der Waals surface area contributed by atoms with Gasteiger partial charge in [0, 0.05) is 25.0 Å². The fraction of sp³-hybridized carbons (Fsp3) is 0.182. The van der Waals surface area contributed by atoms with Gasteiger partial charge in [0.25, 0.3) is 5.91 Å². The molecule has 27 heavy (non-hydrogen) atoms. The number of halogens is 1. The van der Waals surface area contributed by atoms with Crippen LogP contribution in [0.5, 0.6) is 0 Å². The second kappa shape index (κ2) is 9.48. The number of carbonyl (C=O) groups excluding carboxylic acids is 1. The normalized spacial score (nSPS) is 10.4. The number of pyridine rings is 1. The highest BCUT2D eigenvalue weighted by molar-refractivity contribution is 5.93. The molecule has 0 bridgehead atoms. The lowest BCUT2D eigenvalue weighted by Crippen LogP contribution is -2.26. The molecule has 0 saturated heterocycles. The molecule has 1 heterocycles. The first-order valence-electron chi connectivity index (χ1n) is 8.98. The summed E-state index contributed by atoms with van der Waals surface area (Å²) < 4.78 is 13.6. The molecule has 2 N–H and O–H groups in total. The molecule has 1 amide bonds. The van der Waals surface area contributed by atoms with E-state index in [0.717, 1.165) is 12.1 Å². The summed E-state index contributed by atoms with van der Waals surface area (Å²) in [6, 6.07) is 20.2. The van der Waals surface area contributed by atoms with E-state index in [1.54, 1.807) is 30.5 Å². The van der Waals surface area contributed by atoms with Gasteiger partial charge in [0.2, 0.25) is 0 Å². The first-order chi connectivity index (χ1) is 13.2.